The van der Waals surface area contributed by atoms with Crippen molar-refractivity contribution in [2.24, 2.45) is 0 Å². The normalized spacial score (nSPS) is 13.3. The first-order valence-corrected chi connectivity index (χ1v) is 7.64. The quantitative estimate of drug-likeness (QED) is 0.835. The Morgan fingerprint density at radius 2 is 1.83 bits per heavy atom. The lowest BCUT2D eigenvalue weighted by Gasteiger charge is -2.14. The molecular weight excluding hydrogens is 286 g/mol. The highest BCUT2D eigenvalue weighted by Crippen LogP contribution is 2.28. The van der Waals surface area contributed by atoms with E-state index in [2.05, 4.69) is 17.5 Å². The number of benzene rings is 2. The Balaban J connectivity index is 1.74. The zero-order chi connectivity index (χ0) is 15.9. The van der Waals surface area contributed by atoms with E-state index in [1.165, 1.54) is 0 Å². The van der Waals surface area contributed by atoms with E-state index in [0.717, 1.165) is 29.2 Å². The summed E-state index contributed by atoms with van der Waals surface area (Å²) in [6, 6.07) is 15.1. The molecule has 0 heterocycles. The van der Waals surface area contributed by atoms with Gasteiger partial charge in [0.1, 0.15) is 11.5 Å². The Morgan fingerprint density at radius 1 is 1.00 bits per heavy atom. The van der Waals surface area contributed by atoms with Gasteiger partial charge >= 0.3 is 0 Å². The third kappa shape index (κ3) is 4.04. The maximum absolute atomic E-state index is 9.85. The lowest BCUT2D eigenvalue weighted by atomic mass is 10.2. The highest BCUT2D eigenvalue weighted by atomic mass is 16.5. The third-order valence-electron chi connectivity index (χ3n) is 3.53. The molecule has 0 aliphatic heterocycles. The molecule has 3 rings (SSSR count). The molecule has 1 aliphatic carbocycles. The van der Waals surface area contributed by atoms with Crippen LogP contribution in [0.3, 0.4) is 0 Å². The number of phenolic OH excluding ortho intramolecular Hbond substituents is 1. The number of allylic oxidation sites excluding steroid dienone is 5. The molecule has 23 heavy (non-hydrogen) atoms. The number of aromatic hydroxyl groups is 1. The Bertz CT molecular complexity index is 760. The van der Waals surface area contributed by atoms with Crippen molar-refractivity contribution < 1.29 is 9.84 Å². The van der Waals surface area contributed by atoms with Gasteiger partial charge in [-0.3, -0.25) is 0 Å². The van der Waals surface area contributed by atoms with Crippen molar-refractivity contribution in [1.82, 2.24) is 0 Å². The lowest BCUT2D eigenvalue weighted by molar-refractivity contribution is 0.446. The van der Waals surface area contributed by atoms with Crippen LogP contribution in [0.1, 0.15) is 12.0 Å². The molecule has 2 aromatic carbocycles. The van der Waals surface area contributed by atoms with E-state index in [-0.39, 0.29) is 5.75 Å². The molecule has 0 aromatic heterocycles. The number of hydrogen-bond donors (Lipinski definition) is 2. The van der Waals surface area contributed by atoms with Gasteiger partial charge in [0.25, 0.3) is 0 Å². The third-order valence-corrected chi connectivity index (χ3v) is 3.53. The molecule has 2 aromatic rings. The highest BCUT2D eigenvalue weighted by Gasteiger charge is 2.06. The summed E-state index contributed by atoms with van der Waals surface area (Å²) in [6.07, 6.45) is 11.0. The summed E-state index contributed by atoms with van der Waals surface area (Å²) < 4.78 is 5.98. The molecule has 0 saturated heterocycles. The minimum absolute atomic E-state index is 0.290. The first-order valence-electron chi connectivity index (χ1n) is 7.64. The Morgan fingerprint density at radius 3 is 2.74 bits per heavy atom. The molecule has 3 nitrogen and oxygen atoms in total. The largest absolute Gasteiger partial charge is 0.508 e. The summed E-state index contributed by atoms with van der Waals surface area (Å²) in [5.74, 6) is 1.85. The number of rotatable bonds is 5. The second-order valence-electron chi connectivity index (χ2n) is 5.22. The van der Waals surface area contributed by atoms with Gasteiger partial charge in [0.2, 0.25) is 0 Å². The second kappa shape index (κ2) is 7.36. The SMILES string of the molecule is Oc1ccccc1CNc1ccccc1OC1=CC=CCC=C1. The van der Waals surface area contributed by atoms with Crippen molar-refractivity contribution >= 4 is 5.69 Å². The van der Waals surface area contributed by atoms with Crippen LogP contribution in [0, 0.1) is 0 Å². The zero-order valence-corrected chi connectivity index (χ0v) is 12.8. The number of phenols is 1. The number of hydrogen-bond acceptors (Lipinski definition) is 3. The van der Waals surface area contributed by atoms with E-state index in [4.69, 9.17) is 4.74 Å². The van der Waals surface area contributed by atoms with Crippen molar-refractivity contribution in [3.05, 3.63) is 90.2 Å². The van der Waals surface area contributed by atoms with E-state index in [1.54, 1.807) is 6.07 Å². The zero-order valence-electron chi connectivity index (χ0n) is 12.8. The van der Waals surface area contributed by atoms with Gasteiger partial charge in [-0.2, -0.15) is 0 Å². The fraction of sp³-hybridized carbons (Fsp3) is 0.100. The van der Waals surface area contributed by atoms with Gasteiger partial charge in [-0.15, -0.1) is 0 Å². The predicted molar refractivity (Wildman–Crippen MR) is 93.5 cm³/mol. The molecule has 0 radical (unpaired) electrons. The van der Waals surface area contributed by atoms with Crippen LogP contribution in [-0.4, -0.2) is 5.11 Å². The average molecular weight is 305 g/mol. The molecule has 0 spiro atoms. The summed E-state index contributed by atoms with van der Waals surface area (Å²) in [5.41, 5.74) is 1.73. The average Bonchev–Trinajstić information content (AvgIpc) is 2.84. The van der Waals surface area contributed by atoms with Gasteiger partial charge in [0.15, 0.2) is 5.75 Å². The molecule has 0 unspecified atom stereocenters. The maximum atomic E-state index is 9.85. The summed E-state index contributed by atoms with van der Waals surface area (Å²) in [5, 5.41) is 13.2. The highest BCUT2D eigenvalue weighted by molar-refractivity contribution is 5.57. The van der Waals surface area contributed by atoms with Crippen molar-refractivity contribution in [1.29, 1.82) is 0 Å². The van der Waals surface area contributed by atoms with Crippen LogP contribution in [-0.2, 0) is 6.54 Å². The minimum Gasteiger partial charge on any atom is -0.508 e. The first-order chi connectivity index (χ1) is 11.3. The van der Waals surface area contributed by atoms with Crippen LogP contribution in [0.5, 0.6) is 11.5 Å². The fourth-order valence-electron chi connectivity index (χ4n) is 2.31. The van der Waals surface area contributed by atoms with Gasteiger partial charge in [0, 0.05) is 12.1 Å². The molecule has 116 valence electrons. The Hall–Kier alpha value is -2.94. The van der Waals surface area contributed by atoms with E-state index in [0.29, 0.717) is 6.54 Å². The summed E-state index contributed by atoms with van der Waals surface area (Å²) in [6.45, 7) is 0.530. The smallest absolute Gasteiger partial charge is 0.150 e. The van der Waals surface area contributed by atoms with Crippen LogP contribution in [0.2, 0.25) is 0 Å². The number of ether oxygens (including phenoxy) is 1. The van der Waals surface area contributed by atoms with Crippen LogP contribution in [0.4, 0.5) is 5.69 Å². The molecule has 0 fully saturated rings. The van der Waals surface area contributed by atoms with Gasteiger partial charge in [-0.1, -0.05) is 48.6 Å². The van der Waals surface area contributed by atoms with Gasteiger partial charge in [0.05, 0.1) is 5.69 Å². The molecule has 2 N–H and O–H groups in total. The molecule has 1 aliphatic rings. The molecule has 0 amide bonds. The molecular formula is C20H19NO2. The van der Waals surface area contributed by atoms with Crippen LogP contribution in [0.15, 0.2) is 84.7 Å². The standard InChI is InChI=1S/C20H19NO2/c22-19-13-7-5-9-16(19)15-21-18-12-6-8-14-20(18)23-17-10-3-1-2-4-11-17/h1,3-14,21-22H,2,15H2. The molecule has 0 saturated carbocycles. The van der Waals surface area contributed by atoms with Crippen molar-refractivity contribution in [2.75, 3.05) is 5.32 Å². The van der Waals surface area contributed by atoms with Gasteiger partial charge in [-0.05, 0) is 36.8 Å². The summed E-state index contributed by atoms with van der Waals surface area (Å²) >= 11 is 0. The van der Waals surface area contributed by atoms with E-state index in [9.17, 15) is 5.11 Å². The Labute approximate surface area is 136 Å². The van der Waals surface area contributed by atoms with Crippen molar-refractivity contribution in [3.8, 4) is 11.5 Å². The first kappa shape index (κ1) is 15.0. The maximum Gasteiger partial charge on any atom is 0.150 e. The molecule has 0 atom stereocenters. The summed E-state index contributed by atoms with van der Waals surface area (Å²) in [4.78, 5) is 0. The second-order valence-corrected chi connectivity index (χ2v) is 5.22. The minimum atomic E-state index is 0.290. The molecule has 3 heteroatoms. The topological polar surface area (TPSA) is 41.5 Å². The van der Waals surface area contributed by atoms with E-state index in [1.807, 2.05) is 60.7 Å². The molecule has 0 bridgehead atoms. The number of para-hydroxylation sites is 3. The van der Waals surface area contributed by atoms with E-state index >= 15 is 0 Å². The number of anilines is 1. The summed E-state index contributed by atoms with van der Waals surface area (Å²) in [7, 11) is 0. The van der Waals surface area contributed by atoms with Gasteiger partial charge < -0.3 is 15.2 Å². The van der Waals surface area contributed by atoms with Crippen LogP contribution >= 0.6 is 0 Å². The predicted octanol–water partition coefficient (Wildman–Crippen LogP) is 4.78. The lowest BCUT2D eigenvalue weighted by Crippen LogP contribution is -2.02. The fourth-order valence-corrected chi connectivity index (χ4v) is 2.31. The van der Waals surface area contributed by atoms with Crippen LogP contribution in [0.25, 0.3) is 0 Å². The number of nitrogens with one attached hydrogen (secondary N) is 1. The Kier molecular flexibility index (Phi) is 4.79. The van der Waals surface area contributed by atoms with Crippen molar-refractivity contribution in [2.45, 2.75) is 13.0 Å². The van der Waals surface area contributed by atoms with Gasteiger partial charge in [-0.25, -0.2) is 0 Å². The van der Waals surface area contributed by atoms with E-state index < -0.39 is 0 Å². The van der Waals surface area contributed by atoms with Crippen LogP contribution < -0.4 is 10.1 Å². The van der Waals surface area contributed by atoms with Crippen molar-refractivity contribution in [3.63, 3.8) is 0 Å². The monoisotopic (exact) mass is 305 g/mol.